The van der Waals surface area contributed by atoms with Crippen LogP contribution in [-0.4, -0.2) is 23.4 Å². The van der Waals surface area contributed by atoms with E-state index in [-0.39, 0.29) is 24.7 Å². The number of ether oxygens (including phenoxy) is 2. The van der Waals surface area contributed by atoms with Crippen LogP contribution >= 0.6 is 15.9 Å². The zero-order chi connectivity index (χ0) is 24.1. The molecule has 0 bridgehead atoms. The lowest BCUT2D eigenvalue weighted by Gasteiger charge is -2.14. The fourth-order valence-electron chi connectivity index (χ4n) is 3.47. The summed E-state index contributed by atoms with van der Waals surface area (Å²) in [5, 5.41) is 2.64. The number of amides is 3. The largest absolute Gasteiger partial charge is 0.490 e. The van der Waals surface area contributed by atoms with Gasteiger partial charge < -0.3 is 14.8 Å². The van der Waals surface area contributed by atoms with E-state index in [2.05, 4.69) is 21.2 Å². The predicted octanol–water partition coefficient (Wildman–Crippen LogP) is 5.66. The second-order valence-electron chi connectivity index (χ2n) is 7.54. The molecule has 0 spiro atoms. The van der Waals surface area contributed by atoms with E-state index >= 15 is 0 Å². The maximum Gasteiger partial charge on any atom is 0.329 e. The number of halogens is 2. The summed E-state index contributed by atoms with van der Waals surface area (Å²) in [5.74, 6) is 0.184. The molecule has 6 nitrogen and oxygen atoms in total. The molecule has 1 saturated heterocycles. The Labute approximate surface area is 205 Å². The van der Waals surface area contributed by atoms with Crippen molar-refractivity contribution in [2.45, 2.75) is 20.1 Å². The number of hydrogen-bond donors (Lipinski definition) is 1. The van der Waals surface area contributed by atoms with Crippen molar-refractivity contribution < 1.29 is 23.5 Å². The maximum atomic E-state index is 13.5. The van der Waals surface area contributed by atoms with Crippen molar-refractivity contribution in [3.8, 4) is 11.5 Å². The van der Waals surface area contributed by atoms with E-state index in [9.17, 15) is 14.0 Å². The Bertz CT molecular complexity index is 1250. The van der Waals surface area contributed by atoms with Gasteiger partial charge in [0.25, 0.3) is 5.91 Å². The van der Waals surface area contributed by atoms with Gasteiger partial charge in [0.15, 0.2) is 11.5 Å². The van der Waals surface area contributed by atoms with Crippen molar-refractivity contribution in [3.05, 3.63) is 99.4 Å². The lowest BCUT2D eigenvalue weighted by molar-refractivity contribution is -0.123. The normalized spacial score (nSPS) is 14.4. The number of imide groups is 1. The number of rotatable bonds is 8. The third kappa shape index (κ3) is 5.46. The van der Waals surface area contributed by atoms with Gasteiger partial charge in [0, 0.05) is 4.47 Å². The molecule has 0 radical (unpaired) electrons. The topological polar surface area (TPSA) is 67.9 Å². The molecule has 174 valence electrons. The van der Waals surface area contributed by atoms with Crippen molar-refractivity contribution in [1.29, 1.82) is 0 Å². The first kappa shape index (κ1) is 23.5. The Morgan fingerprint density at radius 2 is 1.71 bits per heavy atom. The van der Waals surface area contributed by atoms with Crippen molar-refractivity contribution >= 4 is 33.9 Å². The summed E-state index contributed by atoms with van der Waals surface area (Å²) < 4.78 is 25.7. The van der Waals surface area contributed by atoms with Crippen molar-refractivity contribution in [1.82, 2.24) is 10.2 Å². The third-order valence-electron chi connectivity index (χ3n) is 5.09. The quantitative estimate of drug-likeness (QED) is 0.305. The second-order valence-corrected chi connectivity index (χ2v) is 8.39. The molecule has 1 heterocycles. The van der Waals surface area contributed by atoms with Crippen LogP contribution in [0.25, 0.3) is 6.08 Å². The number of hydrogen-bond acceptors (Lipinski definition) is 4. The number of carbonyl (C=O) groups excluding carboxylic acids is 2. The molecule has 0 aliphatic carbocycles. The van der Waals surface area contributed by atoms with Gasteiger partial charge in [-0.25, -0.2) is 9.18 Å². The molecule has 0 atom stereocenters. The highest BCUT2D eigenvalue weighted by Gasteiger charge is 2.33. The summed E-state index contributed by atoms with van der Waals surface area (Å²) in [5.41, 5.74) is 2.33. The van der Waals surface area contributed by atoms with Crippen molar-refractivity contribution in [3.63, 3.8) is 0 Å². The molecule has 4 rings (SSSR count). The van der Waals surface area contributed by atoms with Crippen LogP contribution in [0.4, 0.5) is 9.18 Å². The Balaban J connectivity index is 1.56. The summed E-state index contributed by atoms with van der Waals surface area (Å²) in [6.07, 6.45) is 1.59. The van der Waals surface area contributed by atoms with Crippen LogP contribution in [0.2, 0.25) is 0 Å². The maximum absolute atomic E-state index is 13.5. The molecular weight excluding hydrogens is 503 g/mol. The minimum absolute atomic E-state index is 0.160. The van der Waals surface area contributed by atoms with E-state index in [1.165, 1.54) is 12.1 Å². The first-order valence-electron chi connectivity index (χ1n) is 10.7. The van der Waals surface area contributed by atoms with Crippen molar-refractivity contribution in [2.24, 2.45) is 0 Å². The number of nitrogens with zero attached hydrogens (tertiary/aromatic N) is 1. The highest BCUT2D eigenvalue weighted by Crippen LogP contribution is 2.36. The van der Waals surface area contributed by atoms with Gasteiger partial charge in [-0.15, -0.1) is 0 Å². The Kier molecular flexibility index (Phi) is 7.27. The van der Waals surface area contributed by atoms with Crippen LogP contribution in [0, 0.1) is 5.82 Å². The van der Waals surface area contributed by atoms with Gasteiger partial charge in [-0.1, -0.05) is 58.4 Å². The molecule has 3 aromatic carbocycles. The summed E-state index contributed by atoms with van der Waals surface area (Å²) in [6.45, 7) is 2.59. The SMILES string of the molecule is CCOc1cc(/C=C2/NC(=O)N(Cc3ccccc3)C2=O)c(Br)cc1OCc1cccc(F)c1. The fraction of sp³-hybridized carbons (Fsp3) is 0.154. The van der Waals surface area contributed by atoms with Gasteiger partial charge in [0.1, 0.15) is 18.1 Å². The monoisotopic (exact) mass is 524 g/mol. The van der Waals surface area contributed by atoms with Gasteiger partial charge in [0.05, 0.1) is 13.2 Å². The first-order chi connectivity index (χ1) is 16.4. The Hall–Kier alpha value is -3.65. The second kappa shape index (κ2) is 10.5. The highest BCUT2D eigenvalue weighted by molar-refractivity contribution is 9.10. The van der Waals surface area contributed by atoms with Crippen LogP contribution < -0.4 is 14.8 Å². The molecule has 1 aliphatic rings. The number of nitrogens with one attached hydrogen (secondary N) is 1. The van der Waals surface area contributed by atoms with Gasteiger partial charge in [-0.05, 0) is 54.0 Å². The molecule has 3 aromatic rings. The molecule has 0 aromatic heterocycles. The molecule has 0 saturated carbocycles. The summed E-state index contributed by atoms with van der Waals surface area (Å²) in [7, 11) is 0. The first-order valence-corrected chi connectivity index (χ1v) is 11.5. The van der Waals surface area contributed by atoms with Gasteiger partial charge in [-0.2, -0.15) is 0 Å². The fourth-order valence-corrected chi connectivity index (χ4v) is 3.90. The smallest absolute Gasteiger partial charge is 0.329 e. The lowest BCUT2D eigenvalue weighted by atomic mass is 10.1. The molecule has 34 heavy (non-hydrogen) atoms. The third-order valence-corrected chi connectivity index (χ3v) is 5.78. The number of carbonyl (C=O) groups is 2. The molecule has 1 aliphatic heterocycles. The molecule has 8 heteroatoms. The molecule has 0 unspecified atom stereocenters. The van der Waals surface area contributed by atoms with Crippen LogP contribution in [-0.2, 0) is 17.9 Å². The van der Waals surface area contributed by atoms with Gasteiger partial charge >= 0.3 is 6.03 Å². The summed E-state index contributed by atoms with van der Waals surface area (Å²) in [4.78, 5) is 26.4. The molecular formula is C26H22BrFN2O4. The van der Waals surface area contributed by atoms with Crippen LogP contribution in [0.3, 0.4) is 0 Å². The average molecular weight is 525 g/mol. The van der Waals surface area contributed by atoms with E-state index in [0.717, 1.165) is 10.5 Å². The zero-order valence-corrected chi connectivity index (χ0v) is 20.0. The minimum Gasteiger partial charge on any atom is -0.490 e. The van der Waals surface area contributed by atoms with Gasteiger partial charge in [0.2, 0.25) is 0 Å². The van der Waals surface area contributed by atoms with E-state index in [0.29, 0.717) is 33.7 Å². The zero-order valence-electron chi connectivity index (χ0n) is 18.4. The summed E-state index contributed by atoms with van der Waals surface area (Å²) >= 11 is 3.50. The molecule has 1 N–H and O–H groups in total. The van der Waals surface area contributed by atoms with Gasteiger partial charge in [-0.3, -0.25) is 9.69 Å². The van der Waals surface area contributed by atoms with E-state index < -0.39 is 11.9 Å². The minimum atomic E-state index is -0.476. The molecule has 1 fully saturated rings. The predicted molar refractivity (Wildman–Crippen MR) is 130 cm³/mol. The summed E-state index contributed by atoms with van der Waals surface area (Å²) in [6, 6.07) is 18.4. The Morgan fingerprint density at radius 1 is 0.971 bits per heavy atom. The van der Waals surface area contributed by atoms with E-state index in [1.807, 2.05) is 37.3 Å². The number of benzene rings is 3. The average Bonchev–Trinajstić information content (AvgIpc) is 3.08. The Morgan fingerprint density at radius 3 is 2.44 bits per heavy atom. The van der Waals surface area contributed by atoms with Crippen LogP contribution in [0.15, 0.2) is 76.9 Å². The van der Waals surface area contributed by atoms with E-state index in [4.69, 9.17) is 9.47 Å². The van der Waals surface area contributed by atoms with Crippen LogP contribution in [0.5, 0.6) is 11.5 Å². The standard InChI is InChI=1S/C26H22BrFN2O4/c1-2-33-23-13-19(21(27)14-24(23)34-16-18-9-6-10-20(28)11-18)12-22-25(31)30(26(32)29-22)15-17-7-4-3-5-8-17/h3-14H,2,15-16H2,1H3,(H,29,32)/b22-12+. The lowest BCUT2D eigenvalue weighted by Crippen LogP contribution is -2.30. The van der Waals surface area contributed by atoms with Crippen LogP contribution in [0.1, 0.15) is 23.6 Å². The molecule has 3 amide bonds. The highest BCUT2D eigenvalue weighted by atomic mass is 79.9. The number of urea groups is 1. The van der Waals surface area contributed by atoms with E-state index in [1.54, 1.807) is 30.3 Å². The van der Waals surface area contributed by atoms with Crippen molar-refractivity contribution in [2.75, 3.05) is 6.61 Å².